The van der Waals surface area contributed by atoms with E-state index in [1.165, 1.54) is 10.9 Å². The minimum Gasteiger partial charge on any atom is -0.480 e. The molecule has 2 heterocycles. The lowest BCUT2D eigenvalue weighted by atomic mass is 10.0. The number of likely N-dealkylation sites (tertiary alicyclic amines) is 1. The zero-order chi connectivity index (χ0) is 19.4. The summed E-state index contributed by atoms with van der Waals surface area (Å²) in [5.74, 6) is -0.791. The van der Waals surface area contributed by atoms with Crippen molar-refractivity contribution in [2.45, 2.75) is 25.4 Å². The van der Waals surface area contributed by atoms with Crippen molar-refractivity contribution >= 4 is 23.0 Å². The Labute approximate surface area is 162 Å². The smallest absolute Gasteiger partial charge is 0.317 e. The highest BCUT2D eigenvalue weighted by Gasteiger charge is 2.24. The summed E-state index contributed by atoms with van der Waals surface area (Å²) in [4.78, 5) is 28.1. The Balaban J connectivity index is 1.60. The van der Waals surface area contributed by atoms with Crippen molar-refractivity contribution in [1.82, 2.24) is 9.80 Å². The molecule has 2 aromatic rings. The maximum atomic E-state index is 11.2. The first-order valence-electron chi connectivity index (χ1n) is 8.91. The second kappa shape index (κ2) is 8.60. The molecule has 3 rings (SSSR count). The lowest BCUT2D eigenvalue weighted by molar-refractivity contribution is -0.384. The molecular weight excluding hydrogens is 366 g/mol. The SMILES string of the molecule is CN(CC(=O)O)C1CCN(Cc2ccc(-c3ccccc3[N+](=O)[O-])s2)CC1. The van der Waals surface area contributed by atoms with Crippen LogP contribution in [0.4, 0.5) is 5.69 Å². The van der Waals surface area contributed by atoms with E-state index in [0.717, 1.165) is 37.4 Å². The predicted octanol–water partition coefficient (Wildman–Crippen LogP) is 3.30. The Morgan fingerprint density at radius 3 is 2.67 bits per heavy atom. The quantitative estimate of drug-likeness (QED) is 0.577. The number of hydrogen-bond donors (Lipinski definition) is 1. The third-order valence-corrected chi connectivity index (χ3v) is 6.08. The molecule has 1 aromatic carbocycles. The Morgan fingerprint density at radius 2 is 2.00 bits per heavy atom. The van der Waals surface area contributed by atoms with Crippen molar-refractivity contribution in [3.8, 4) is 10.4 Å². The normalized spacial score (nSPS) is 15.9. The molecule has 1 aromatic heterocycles. The first kappa shape index (κ1) is 19.5. The second-order valence-electron chi connectivity index (χ2n) is 6.86. The maximum absolute atomic E-state index is 11.2. The number of carboxylic acids is 1. The third-order valence-electron chi connectivity index (χ3n) is 4.97. The van der Waals surface area contributed by atoms with Gasteiger partial charge in [-0.2, -0.15) is 0 Å². The molecule has 0 saturated carbocycles. The lowest BCUT2D eigenvalue weighted by Gasteiger charge is -2.35. The molecule has 0 amide bonds. The standard InChI is InChI=1S/C19H23N3O4S/c1-20(13-19(23)24)14-8-10-21(11-9-14)12-15-6-7-18(27-15)16-4-2-3-5-17(16)22(25)26/h2-7,14H,8-13H2,1H3,(H,23,24). The second-order valence-corrected chi connectivity index (χ2v) is 8.02. The molecule has 0 radical (unpaired) electrons. The molecule has 8 heteroatoms. The molecule has 1 aliphatic rings. The summed E-state index contributed by atoms with van der Waals surface area (Å²) < 4.78 is 0. The summed E-state index contributed by atoms with van der Waals surface area (Å²) in [5, 5.41) is 20.2. The Morgan fingerprint density at radius 1 is 1.30 bits per heavy atom. The molecule has 27 heavy (non-hydrogen) atoms. The molecule has 0 atom stereocenters. The van der Waals surface area contributed by atoms with Crippen molar-refractivity contribution in [2.75, 3.05) is 26.7 Å². The van der Waals surface area contributed by atoms with E-state index < -0.39 is 5.97 Å². The predicted molar refractivity (Wildman–Crippen MR) is 105 cm³/mol. The number of para-hydroxylation sites is 1. The number of carboxylic acid groups (broad SMARTS) is 1. The van der Waals surface area contributed by atoms with E-state index in [4.69, 9.17) is 5.11 Å². The van der Waals surface area contributed by atoms with Gasteiger partial charge in [0.05, 0.1) is 17.0 Å². The van der Waals surface area contributed by atoms with Crippen LogP contribution in [0.3, 0.4) is 0 Å². The number of nitro groups is 1. The minimum atomic E-state index is -0.791. The number of nitrogens with zero attached hydrogens (tertiary/aromatic N) is 3. The molecule has 144 valence electrons. The van der Waals surface area contributed by atoms with Crippen LogP contribution in [0.1, 0.15) is 17.7 Å². The van der Waals surface area contributed by atoms with Crippen LogP contribution in [0.25, 0.3) is 10.4 Å². The Hall–Kier alpha value is -2.29. The summed E-state index contributed by atoms with van der Waals surface area (Å²) in [5.41, 5.74) is 0.793. The number of benzene rings is 1. The van der Waals surface area contributed by atoms with Gasteiger partial charge in [-0.15, -0.1) is 11.3 Å². The van der Waals surface area contributed by atoms with Crippen LogP contribution in [0.2, 0.25) is 0 Å². The van der Waals surface area contributed by atoms with E-state index in [9.17, 15) is 14.9 Å². The maximum Gasteiger partial charge on any atom is 0.317 e. The molecule has 1 fully saturated rings. The van der Waals surface area contributed by atoms with Crippen molar-refractivity contribution in [2.24, 2.45) is 0 Å². The fourth-order valence-electron chi connectivity index (χ4n) is 3.53. The van der Waals surface area contributed by atoms with E-state index in [1.807, 2.05) is 30.1 Å². The molecule has 0 aliphatic carbocycles. The topological polar surface area (TPSA) is 86.9 Å². The van der Waals surface area contributed by atoms with Gasteiger partial charge in [0, 0.05) is 41.5 Å². The highest BCUT2D eigenvalue weighted by molar-refractivity contribution is 7.15. The number of aliphatic carboxylic acids is 1. The van der Waals surface area contributed by atoms with E-state index in [2.05, 4.69) is 4.90 Å². The average Bonchev–Trinajstić information content (AvgIpc) is 3.10. The third kappa shape index (κ3) is 4.91. The lowest BCUT2D eigenvalue weighted by Crippen LogP contribution is -2.44. The number of carbonyl (C=O) groups is 1. The van der Waals surface area contributed by atoms with Gasteiger partial charge in [0.25, 0.3) is 5.69 Å². The van der Waals surface area contributed by atoms with Gasteiger partial charge < -0.3 is 5.11 Å². The fourth-order valence-corrected chi connectivity index (χ4v) is 4.61. The Bertz CT molecular complexity index is 815. The monoisotopic (exact) mass is 389 g/mol. The van der Waals surface area contributed by atoms with Crippen LogP contribution in [-0.2, 0) is 11.3 Å². The molecular formula is C19H23N3O4S. The van der Waals surface area contributed by atoms with E-state index >= 15 is 0 Å². The van der Waals surface area contributed by atoms with Gasteiger partial charge >= 0.3 is 5.97 Å². The number of thiophene rings is 1. The molecule has 1 N–H and O–H groups in total. The molecule has 0 bridgehead atoms. The van der Waals surface area contributed by atoms with E-state index in [1.54, 1.807) is 23.5 Å². The highest BCUT2D eigenvalue weighted by atomic mass is 32.1. The van der Waals surface area contributed by atoms with Gasteiger partial charge in [0.1, 0.15) is 0 Å². The van der Waals surface area contributed by atoms with Crippen molar-refractivity contribution in [1.29, 1.82) is 0 Å². The van der Waals surface area contributed by atoms with Crippen LogP contribution in [0.5, 0.6) is 0 Å². The van der Waals surface area contributed by atoms with Gasteiger partial charge in [0.2, 0.25) is 0 Å². The van der Waals surface area contributed by atoms with Crippen molar-refractivity contribution in [3.05, 3.63) is 51.4 Å². The first-order chi connectivity index (χ1) is 12.9. The molecule has 0 unspecified atom stereocenters. The number of rotatable bonds is 7. The van der Waals surface area contributed by atoms with Crippen molar-refractivity contribution in [3.63, 3.8) is 0 Å². The number of piperidine rings is 1. The minimum absolute atomic E-state index is 0.0782. The first-order valence-corrected chi connectivity index (χ1v) is 9.72. The van der Waals surface area contributed by atoms with E-state index in [-0.39, 0.29) is 17.2 Å². The van der Waals surface area contributed by atoms with Crippen LogP contribution in [-0.4, -0.2) is 58.5 Å². The molecule has 1 saturated heterocycles. The zero-order valence-corrected chi connectivity index (χ0v) is 16.0. The van der Waals surface area contributed by atoms with Gasteiger partial charge in [-0.25, -0.2) is 0 Å². The van der Waals surface area contributed by atoms with Crippen molar-refractivity contribution < 1.29 is 14.8 Å². The van der Waals surface area contributed by atoms with Crippen LogP contribution in [0, 0.1) is 10.1 Å². The number of hydrogen-bond acceptors (Lipinski definition) is 6. The summed E-state index contributed by atoms with van der Waals surface area (Å²) in [6, 6.07) is 11.1. The highest BCUT2D eigenvalue weighted by Crippen LogP contribution is 2.35. The number of likely N-dealkylation sites (N-methyl/N-ethyl adjacent to an activating group) is 1. The molecule has 1 aliphatic heterocycles. The summed E-state index contributed by atoms with van der Waals surface area (Å²) in [6.45, 7) is 2.75. The zero-order valence-electron chi connectivity index (χ0n) is 15.2. The number of nitro benzene ring substituents is 1. The van der Waals surface area contributed by atoms with Crippen LogP contribution in [0.15, 0.2) is 36.4 Å². The molecule has 7 nitrogen and oxygen atoms in total. The van der Waals surface area contributed by atoms with Crippen LogP contribution >= 0.6 is 11.3 Å². The average molecular weight is 389 g/mol. The van der Waals surface area contributed by atoms with Gasteiger partial charge in [0.15, 0.2) is 0 Å². The van der Waals surface area contributed by atoms with Gasteiger partial charge in [-0.1, -0.05) is 12.1 Å². The van der Waals surface area contributed by atoms with Gasteiger partial charge in [-0.05, 0) is 38.1 Å². The largest absolute Gasteiger partial charge is 0.480 e. The van der Waals surface area contributed by atoms with E-state index in [0.29, 0.717) is 11.6 Å². The summed E-state index contributed by atoms with van der Waals surface area (Å²) in [7, 11) is 1.87. The van der Waals surface area contributed by atoms with Gasteiger partial charge in [-0.3, -0.25) is 24.7 Å². The van der Waals surface area contributed by atoms with Crippen LogP contribution < -0.4 is 0 Å². The Kier molecular flexibility index (Phi) is 6.20. The summed E-state index contributed by atoms with van der Waals surface area (Å²) >= 11 is 1.59. The molecule has 0 spiro atoms. The summed E-state index contributed by atoms with van der Waals surface area (Å²) in [6.07, 6.45) is 1.90. The fraction of sp³-hybridized carbons (Fsp3) is 0.421.